The van der Waals surface area contributed by atoms with Crippen molar-refractivity contribution in [3.05, 3.63) is 35.9 Å². The Morgan fingerprint density at radius 2 is 1.83 bits per heavy atom. The van der Waals surface area contributed by atoms with E-state index in [-0.39, 0.29) is 17.8 Å². The van der Waals surface area contributed by atoms with Gasteiger partial charge in [-0.1, -0.05) is 50.1 Å². The van der Waals surface area contributed by atoms with E-state index >= 15 is 0 Å². The number of carbonyl (C=O) groups is 2. The summed E-state index contributed by atoms with van der Waals surface area (Å²) in [6.07, 6.45) is 7.02. The van der Waals surface area contributed by atoms with Crippen molar-refractivity contribution in [3.63, 3.8) is 0 Å². The van der Waals surface area contributed by atoms with Gasteiger partial charge >= 0.3 is 5.97 Å². The van der Waals surface area contributed by atoms with E-state index in [4.69, 9.17) is 4.74 Å². The zero-order valence-electron chi connectivity index (χ0n) is 14.8. The molecular weight excluding hydrogens is 302 g/mol. The molecule has 1 aromatic carbocycles. The molecule has 4 heteroatoms. The smallest absolute Gasteiger partial charge is 0.328 e. The molecular formula is C20H29NO3. The predicted molar refractivity (Wildman–Crippen MR) is 94.4 cm³/mol. The average Bonchev–Trinajstić information content (AvgIpc) is 2.62. The average molecular weight is 331 g/mol. The molecule has 1 atom stereocenters. The van der Waals surface area contributed by atoms with Gasteiger partial charge in [0.25, 0.3) is 0 Å². The standard InChI is InChI=1S/C20H29NO3/c1-3-7-15-10-12-17(13-11-15)19(22)21-18(20(23)24-2)14-16-8-5-4-6-9-16/h4-6,8-9,15,17-18H,3,7,10-14H2,1-2H3,(H,21,22)/t15?,17?,18-/m0/s1. The van der Waals surface area contributed by atoms with Crippen LogP contribution in [0.2, 0.25) is 0 Å². The van der Waals surface area contributed by atoms with Gasteiger partial charge in [-0.05, 0) is 37.2 Å². The third kappa shape index (κ3) is 5.36. The molecule has 0 saturated heterocycles. The normalized spacial score (nSPS) is 21.8. The van der Waals surface area contributed by atoms with Crippen LogP contribution in [0.5, 0.6) is 0 Å². The molecule has 0 heterocycles. The fraction of sp³-hybridized carbons (Fsp3) is 0.600. The molecule has 0 aromatic heterocycles. The number of ether oxygens (including phenoxy) is 1. The third-order valence-electron chi connectivity index (χ3n) is 5.00. The van der Waals surface area contributed by atoms with Crippen LogP contribution in [0.3, 0.4) is 0 Å². The largest absolute Gasteiger partial charge is 0.467 e. The molecule has 4 nitrogen and oxygen atoms in total. The fourth-order valence-electron chi connectivity index (χ4n) is 3.60. The highest BCUT2D eigenvalue weighted by Gasteiger charge is 2.29. The molecule has 132 valence electrons. The SMILES string of the molecule is CCCC1CCC(C(=O)N[C@@H](Cc2ccccc2)C(=O)OC)CC1. The Labute approximate surface area is 145 Å². The quantitative estimate of drug-likeness (QED) is 0.778. The van der Waals surface area contributed by atoms with Crippen LogP contribution < -0.4 is 5.32 Å². The van der Waals surface area contributed by atoms with Crippen molar-refractivity contribution in [2.75, 3.05) is 7.11 Å². The summed E-state index contributed by atoms with van der Waals surface area (Å²) in [6.45, 7) is 2.21. The molecule has 1 amide bonds. The Morgan fingerprint density at radius 1 is 1.17 bits per heavy atom. The highest BCUT2D eigenvalue weighted by Crippen LogP contribution is 2.31. The van der Waals surface area contributed by atoms with Gasteiger partial charge in [0.15, 0.2) is 0 Å². The summed E-state index contributed by atoms with van der Waals surface area (Å²) in [6, 6.07) is 9.10. The van der Waals surface area contributed by atoms with E-state index in [2.05, 4.69) is 12.2 Å². The second-order valence-electron chi connectivity index (χ2n) is 6.78. The van der Waals surface area contributed by atoms with E-state index in [1.807, 2.05) is 30.3 Å². The van der Waals surface area contributed by atoms with Crippen molar-refractivity contribution >= 4 is 11.9 Å². The fourth-order valence-corrected chi connectivity index (χ4v) is 3.60. The van der Waals surface area contributed by atoms with E-state index in [1.165, 1.54) is 20.0 Å². The van der Waals surface area contributed by atoms with Crippen LogP contribution in [-0.2, 0) is 20.7 Å². The van der Waals surface area contributed by atoms with Crippen molar-refractivity contribution in [3.8, 4) is 0 Å². The highest BCUT2D eigenvalue weighted by molar-refractivity contribution is 5.86. The number of amides is 1. The number of rotatable bonds is 7. The van der Waals surface area contributed by atoms with Crippen molar-refractivity contribution in [1.82, 2.24) is 5.32 Å². The number of benzene rings is 1. The zero-order chi connectivity index (χ0) is 17.4. The van der Waals surface area contributed by atoms with E-state index in [9.17, 15) is 9.59 Å². The van der Waals surface area contributed by atoms with Gasteiger partial charge in [-0.25, -0.2) is 4.79 Å². The summed E-state index contributed by atoms with van der Waals surface area (Å²) in [4.78, 5) is 24.6. The minimum atomic E-state index is -0.613. The topological polar surface area (TPSA) is 55.4 Å². The first-order valence-corrected chi connectivity index (χ1v) is 9.06. The molecule has 0 bridgehead atoms. The molecule has 1 N–H and O–H groups in total. The molecule has 1 fully saturated rings. The number of nitrogens with one attached hydrogen (secondary N) is 1. The van der Waals surface area contributed by atoms with E-state index in [1.54, 1.807) is 0 Å². The van der Waals surface area contributed by atoms with Crippen LogP contribution >= 0.6 is 0 Å². The van der Waals surface area contributed by atoms with Gasteiger partial charge in [0.05, 0.1) is 7.11 Å². The maximum Gasteiger partial charge on any atom is 0.328 e. The molecule has 0 spiro atoms. The monoisotopic (exact) mass is 331 g/mol. The van der Waals surface area contributed by atoms with Gasteiger partial charge in [-0.15, -0.1) is 0 Å². The third-order valence-corrected chi connectivity index (χ3v) is 5.00. The lowest BCUT2D eigenvalue weighted by molar-refractivity contribution is -0.145. The Hall–Kier alpha value is -1.84. The summed E-state index contributed by atoms with van der Waals surface area (Å²) in [5.74, 6) is 0.406. The molecule has 24 heavy (non-hydrogen) atoms. The highest BCUT2D eigenvalue weighted by atomic mass is 16.5. The molecule has 1 aromatic rings. The first-order valence-electron chi connectivity index (χ1n) is 9.06. The van der Waals surface area contributed by atoms with Crippen molar-refractivity contribution < 1.29 is 14.3 Å². The van der Waals surface area contributed by atoms with Gasteiger partial charge in [0, 0.05) is 12.3 Å². The van der Waals surface area contributed by atoms with Gasteiger partial charge in [0.2, 0.25) is 5.91 Å². The number of esters is 1. The van der Waals surface area contributed by atoms with Crippen molar-refractivity contribution in [1.29, 1.82) is 0 Å². The van der Waals surface area contributed by atoms with Crippen molar-refractivity contribution in [2.45, 2.75) is 57.9 Å². The molecule has 0 unspecified atom stereocenters. The molecule has 0 aliphatic heterocycles. The van der Waals surface area contributed by atoms with E-state index < -0.39 is 6.04 Å². The molecule has 2 rings (SSSR count). The Balaban J connectivity index is 1.91. The molecule has 1 aliphatic carbocycles. The Morgan fingerprint density at radius 3 is 2.42 bits per heavy atom. The van der Waals surface area contributed by atoms with Crippen LogP contribution in [0.15, 0.2) is 30.3 Å². The molecule has 1 aliphatic rings. The Kier molecular flexibility index (Phi) is 7.29. The minimum Gasteiger partial charge on any atom is -0.467 e. The first-order chi connectivity index (χ1) is 11.6. The summed E-state index contributed by atoms with van der Waals surface area (Å²) in [7, 11) is 1.36. The number of hydrogen-bond donors (Lipinski definition) is 1. The molecule has 0 radical (unpaired) electrons. The minimum absolute atomic E-state index is 0.00344. The first kappa shape index (κ1) is 18.5. The second kappa shape index (κ2) is 9.45. The summed E-state index contributed by atoms with van der Waals surface area (Å²) >= 11 is 0. The van der Waals surface area contributed by atoms with Crippen molar-refractivity contribution in [2.24, 2.45) is 11.8 Å². The van der Waals surface area contributed by atoms with Crippen LogP contribution in [0, 0.1) is 11.8 Å². The van der Waals surface area contributed by atoms with Crippen LogP contribution in [0.25, 0.3) is 0 Å². The van der Waals surface area contributed by atoms with Gasteiger partial charge < -0.3 is 10.1 Å². The maximum atomic E-state index is 12.6. The maximum absolute atomic E-state index is 12.6. The van der Waals surface area contributed by atoms with Gasteiger partial charge in [-0.2, -0.15) is 0 Å². The number of hydrogen-bond acceptors (Lipinski definition) is 3. The lowest BCUT2D eigenvalue weighted by Gasteiger charge is -2.28. The lowest BCUT2D eigenvalue weighted by atomic mass is 9.79. The summed E-state index contributed by atoms with van der Waals surface area (Å²) in [5, 5.41) is 2.92. The number of methoxy groups -OCH3 is 1. The van der Waals surface area contributed by atoms with E-state index in [0.717, 1.165) is 37.2 Å². The van der Waals surface area contributed by atoms with Gasteiger partial charge in [0.1, 0.15) is 6.04 Å². The van der Waals surface area contributed by atoms with E-state index in [0.29, 0.717) is 6.42 Å². The summed E-state index contributed by atoms with van der Waals surface area (Å²) < 4.78 is 4.87. The second-order valence-corrected chi connectivity index (χ2v) is 6.78. The summed E-state index contributed by atoms with van der Waals surface area (Å²) in [5.41, 5.74) is 1.01. The van der Waals surface area contributed by atoms with Crippen LogP contribution in [-0.4, -0.2) is 25.0 Å². The van der Waals surface area contributed by atoms with Crippen LogP contribution in [0.4, 0.5) is 0 Å². The number of carbonyl (C=O) groups excluding carboxylic acids is 2. The molecule has 1 saturated carbocycles. The lowest BCUT2D eigenvalue weighted by Crippen LogP contribution is -2.46. The zero-order valence-corrected chi connectivity index (χ0v) is 14.8. The van der Waals surface area contributed by atoms with Crippen LogP contribution in [0.1, 0.15) is 51.0 Å². The predicted octanol–water partition coefficient (Wildman–Crippen LogP) is 3.49. The Bertz CT molecular complexity index is 521. The van der Waals surface area contributed by atoms with Gasteiger partial charge in [-0.3, -0.25) is 4.79 Å².